The van der Waals surface area contributed by atoms with Crippen molar-refractivity contribution in [1.29, 1.82) is 0 Å². The maximum absolute atomic E-state index is 12.1. The molecule has 7 heteroatoms. The minimum atomic E-state index is -0.652. The number of ketones is 1. The molecule has 1 N–H and O–H groups in total. The number of carbonyl (C=O) groups is 4. The summed E-state index contributed by atoms with van der Waals surface area (Å²) in [6.07, 6.45) is -0.246. The van der Waals surface area contributed by atoms with Crippen LogP contribution < -0.4 is 5.32 Å². The van der Waals surface area contributed by atoms with Gasteiger partial charge in [-0.15, -0.1) is 0 Å². The Bertz CT molecular complexity index is 814. The fourth-order valence-electron chi connectivity index (χ4n) is 2.14. The number of rotatable bonds is 8. The number of anilines is 1. The van der Waals surface area contributed by atoms with E-state index in [1.807, 2.05) is 6.07 Å². The topological polar surface area (TPSA) is 98.8 Å². The lowest BCUT2D eigenvalue weighted by molar-refractivity contribution is -0.148. The SMILES string of the molecule is COC(=O)CCC(=O)OCC(=O)c1ccc(NC(=O)c2ccccc2)cc1. The summed E-state index contributed by atoms with van der Waals surface area (Å²) in [7, 11) is 1.23. The van der Waals surface area contributed by atoms with Crippen molar-refractivity contribution in [3.63, 3.8) is 0 Å². The molecule has 1 amide bonds. The molecular weight excluding hydrogens is 350 g/mol. The van der Waals surface area contributed by atoms with Crippen LogP contribution in [0.3, 0.4) is 0 Å². The highest BCUT2D eigenvalue weighted by molar-refractivity contribution is 6.04. The Labute approximate surface area is 156 Å². The third-order valence-corrected chi connectivity index (χ3v) is 3.63. The molecule has 0 aliphatic carbocycles. The summed E-state index contributed by atoms with van der Waals surface area (Å²) in [5.41, 5.74) is 1.40. The van der Waals surface area contributed by atoms with Crippen LogP contribution in [0.15, 0.2) is 54.6 Å². The van der Waals surface area contributed by atoms with E-state index >= 15 is 0 Å². The molecule has 2 rings (SSSR count). The summed E-state index contributed by atoms with van der Waals surface area (Å²) < 4.78 is 9.26. The van der Waals surface area contributed by atoms with Gasteiger partial charge in [-0.05, 0) is 36.4 Å². The Kier molecular flexibility index (Phi) is 7.25. The second-order valence-corrected chi connectivity index (χ2v) is 5.56. The predicted molar refractivity (Wildman–Crippen MR) is 97.4 cm³/mol. The van der Waals surface area contributed by atoms with Gasteiger partial charge in [0.25, 0.3) is 5.91 Å². The van der Waals surface area contributed by atoms with Crippen LogP contribution >= 0.6 is 0 Å². The number of ether oxygens (including phenoxy) is 2. The lowest BCUT2D eigenvalue weighted by Gasteiger charge is -2.07. The van der Waals surface area contributed by atoms with Crippen molar-refractivity contribution < 1.29 is 28.7 Å². The molecule has 140 valence electrons. The molecule has 2 aromatic rings. The van der Waals surface area contributed by atoms with Gasteiger partial charge in [-0.3, -0.25) is 19.2 Å². The van der Waals surface area contributed by atoms with Crippen LogP contribution in [0.25, 0.3) is 0 Å². The first-order valence-electron chi connectivity index (χ1n) is 8.21. The summed E-state index contributed by atoms with van der Waals surface area (Å²) in [6, 6.07) is 15.0. The molecule has 0 aliphatic rings. The first kappa shape index (κ1) is 19.8. The Balaban J connectivity index is 1.83. The van der Waals surface area contributed by atoms with E-state index in [1.54, 1.807) is 36.4 Å². The van der Waals surface area contributed by atoms with Crippen LogP contribution in [0, 0.1) is 0 Å². The van der Waals surface area contributed by atoms with E-state index in [-0.39, 0.29) is 24.5 Å². The molecule has 0 radical (unpaired) electrons. The normalized spacial score (nSPS) is 9.96. The minimum absolute atomic E-state index is 0.0979. The first-order valence-corrected chi connectivity index (χ1v) is 8.21. The van der Waals surface area contributed by atoms with Gasteiger partial charge in [0.05, 0.1) is 20.0 Å². The Morgan fingerprint density at radius 3 is 2.07 bits per heavy atom. The molecule has 2 aromatic carbocycles. The van der Waals surface area contributed by atoms with Crippen LogP contribution in [0.5, 0.6) is 0 Å². The maximum atomic E-state index is 12.1. The zero-order valence-electron chi connectivity index (χ0n) is 14.8. The van der Waals surface area contributed by atoms with Crippen molar-refractivity contribution in [3.8, 4) is 0 Å². The molecule has 0 heterocycles. The molecule has 0 unspecified atom stereocenters. The van der Waals surface area contributed by atoms with E-state index in [1.165, 1.54) is 19.2 Å². The minimum Gasteiger partial charge on any atom is -0.469 e. The van der Waals surface area contributed by atoms with Crippen molar-refractivity contribution in [1.82, 2.24) is 0 Å². The maximum Gasteiger partial charge on any atom is 0.306 e. The van der Waals surface area contributed by atoms with Crippen molar-refractivity contribution in [2.45, 2.75) is 12.8 Å². The van der Waals surface area contributed by atoms with Gasteiger partial charge >= 0.3 is 11.9 Å². The van der Waals surface area contributed by atoms with Crippen LogP contribution in [-0.2, 0) is 19.1 Å². The number of hydrogen-bond donors (Lipinski definition) is 1. The number of benzene rings is 2. The summed E-state index contributed by atoms with van der Waals surface area (Å²) in [5, 5.41) is 2.73. The van der Waals surface area contributed by atoms with Gasteiger partial charge in [-0.2, -0.15) is 0 Å². The van der Waals surface area contributed by atoms with E-state index in [2.05, 4.69) is 10.1 Å². The summed E-state index contributed by atoms with van der Waals surface area (Å²) in [6.45, 7) is -0.421. The Hall–Kier alpha value is -3.48. The van der Waals surface area contributed by atoms with E-state index in [0.717, 1.165) is 0 Å². The largest absolute Gasteiger partial charge is 0.469 e. The van der Waals surface area contributed by atoms with Gasteiger partial charge in [0, 0.05) is 16.8 Å². The number of methoxy groups -OCH3 is 1. The molecule has 0 aromatic heterocycles. The number of Topliss-reactive ketones (excluding diaryl/α,β-unsaturated/α-hetero) is 1. The van der Waals surface area contributed by atoms with E-state index in [4.69, 9.17) is 4.74 Å². The fourth-order valence-corrected chi connectivity index (χ4v) is 2.14. The number of esters is 2. The zero-order chi connectivity index (χ0) is 19.6. The fraction of sp³-hybridized carbons (Fsp3) is 0.200. The van der Waals surface area contributed by atoms with Gasteiger partial charge in [0.1, 0.15) is 0 Å². The van der Waals surface area contributed by atoms with Gasteiger partial charge in [0.15, 0.2) is 12.4 Å². The third kappa shape index (κ3) is 6.39. The quantitative estimate of drug-likeness (QED) is 0.567. The third-order valence-electron chi connectivity index (χ3n) is 3.63. The van der Waals surface area contributed by atoms with Crippen LogP contribution in [0.4, 0.5) is 5.69 Å². The number of nitrogens with one attached hydrogen (secondary N) is 1. The van der Waals surface area contributed by atoms with Crippen molar-refractivity contribution in [3.05, 3.63) is 65.7 Å². The number of amides is 1. The van der Waals surface area contributed by atoms with Crippen molar-refractivity contribution in [2.75, 3.05) is 19.0 Å². The molecule has 0 bridgehead atoms. The van der Waals surface area contributed by atoms with Gasteiger partial charge in [0.2, 0.25) is 0 Å². The van der Waals surface area contributed by atoms with E-state index < -0.39 is 18.5 Å². The first-order chi connectivity index (χ1) is 13.0. The predicted octanol–water partition coefficient (Wildman–Crippen LogP) is 2.62. The van der Waals surface area contributed by atoms with Gasteiger partial charge in [-0.25, -0.2) is 0 Å². The van der Waals surface area contributed by atoms with Gasteiger partial charge < -0.3 is 14.8 Å². The molecule has 0 atom stereocenters. The van der Waals surface area contributed by atoms with Crippen molar-refractivity contribution >= 4 is 29.3 Å². The zero-order valence-corrected chi connectivity index (χ0v) is 14.8. The standard InChI is InChI=1S/C20H19NO6/c1-26-18(23)11-12-19(24)27-13-17(22)14-7-9-16(10-8-14)21-20(25)15-5-3-2-4-6-15/h2-10H,11-13H2,1H3,(H,21,25). The second kappa shape index (κ2) is 9.86. The smallest absolute Gasteiger partial charge is 0.306 e. The lowest BCUT2D eigenvalue weighted by Crippen LogP contribution is -2.15. The lowest BCUT2D eigenvalue weighted by atomic mass is 10.1. The summed E-state index contributed by atoms with van der Waals surface area (Å²) in [5.74, 6) is -1.82. The molecular formula is C20H19NO6. The number of hydrogen-bond acceptors (Lipinski definition) is 6. The highest BCUT2D eigenvalue weighted by atomic mass is 16.5. The molecule has 27 heavy (non-hydrogen) atoms. The van der Waals surface area contributed by atoms with Crippen LogP contribution in [-0.4, -0.2) is 37.3 Å². The van der Waals surface area contributed by atoms with Crippen LogP contribution in [0.1, 0.15) is 33.6 Å². The monoisotopic (exact) mass is 369 g/mol. The molecule has 0 aliphatic heterocycles. The Morgan fingerprint density at radius 1 is 0.815 bits per heavy atom. The number of carbonyl (C=O) groups excluding carboxylic acids is 4. The Morgan fingerprint density at radius 2 is 1.44 bits per heavy atom. The van der Waals surface area contributed by atoms with E-state index in [0.29, 0.717) is 16.8 Å². The average Bonchev–Trinajstić information content (AvgIpc) is 2.71. The molecule has 0 spiro atoms. The molecule has 0 fully saturated rings. The molecule has 0 saturated carbocycles. The average molecular weight is 369 g/mol. The van der Waals surface area contributed by atoms with E-state index in [9.17, 15) is 19.2 Å². The molecule has 7 nitrogen and oxygen atoms in total. The summed E-state index contributed by atoms with van der Waals surface area (Å²) >= 11 is 0. The van der Waals surface area contributed by atoms with Gasteiger partial charge in [-0.1, -0.05) is 18.2 Å². The van der Waals surface area contributed by atoms with Crippen LogP contribution in [0.2, 0.25) is 0 Å². The summed E-state index contributed by atoms with van der Waals surface area (Å²) in [4.78, 5) is 46.5. The highest BCUT2D eigenvalue weighted by Crippen LogP contribution is 2.12. The highest BCUT2D eigenvalue weighted by Gasteiger charge is 2.12. The van der Waals surface area contributed by atoms with Crippen molar-refractivity contribution in [2.24, 2.45) is 0 Å². The molecule has 0 saturated heterocycles. The second-order valence-electron chi connectivity index (χ2n) is 5.56.